The van der Waals surface area contributed by atoms with Gasteiger partial charge in [-0.25, -0.2) is 9.37 Å². The first kappa shape index (κ1) is 22.4. The summed E-state index contributed by atoms with van der Waals surface area (Å²) < 4.78 is 20.9. The monoisotopic (exact) mass is 424 g/mol. The van der Waals surface area contributed by atoms with Gasteiger partial charge in [0.05, 0.1) is 24.7 Å². The molecule has 1 fully saturated rings. The summed E-state index contributed by atoms with van der Waals surface area (Å²) in [5, 5.41) is 5.72. The Bertz CT molecular complexity index is 926. The van der Waals surface area contributed by atoms with E-state index in [1.165, 1.54) is 0 Å². The third-order valence-corrected chi connectivity index (χ3v) is 5.34. The van der Waals surface area contributed by atoms with Gasteiger partial charge in [-0.15, -0.1) is 6.42 Å². The highest BCUT2D eigenvalue weighted by molar-refractivity contribution is 5.83. The molecule has 6 nitrogen and oxygen atoms in total. The van der Waals surface area contributed by atoms with Gasteiger partial charge in [0.2, 0.25) is 5.91 Å². The van der Waals surface area contributed by atoms with Crippen LogP contribution in [0.3, 0.4) is 0 Å². The van der Waals surface area contributed by atoms with Crippen molar-refractivity contribution in [3.8, 4) is 18.1 Å². The summed E-state index contributed by atoms with van der Waals surface area (Å²) in [7, 11) is 0. The van der Waals surface area contributed by atoms with Crippen molar-refractivity contribution in [2.24, 2.45) is 0 Å². The Kier molecular flexibility index (Phi) is 7.71. The molecule has 1 aromatic carbocycles. The fourth-order valence-corrected chi connectivity index (χ4v) is 3.56. The second-order valence-electron chi connectivity index (χ2n) is 7.61. The number of carbonyl (C=O) groups is 1. The summed E-state index contributed by atoms with van der Waals surface area (Å²) in [5.74, 6) is 2.69. The maximum atomic E-state index is 14.8. The van der Waals surface area contributed by atoms with E-state index in [0.29, 0.717) is 31.1 Å². The lowest BCUT2D eigenvalue weighted by atomic mass is 10.0. The molecule has 1 aliphatic rings. The number of pyridine rings is 1. The number of terminal acetylenes is 1. The molecule has 1 saturated heterocycles. The first-order chi connectivity index (χ1) is 15.0. The van der Waals surface area contributed by atoms with Crippen molar-refractivity contribution in [1.29, 1.82) is 0 Å². The van der Waals surface area contributed by atoms with E-state index >= 15 is 0 Å². The van der Waals surface area contributed by atoms with Crippen molar-refractivity contribution in [2.45, 2.75) is 38.7 Å². The number of halogens is 1. The topological polar surface area (TPSA) is 66.5 Å². The minimum Gasteiger partial charge on any atom is -0.489 e. The zero-order valence-corrected chi connectivity index (χ0v) is 18.0. The van der Waals surface area contributed by atoms with Gasteiger partial charge in [0, 0.05) is 25.7 Å². The van der Waals surface area contributed by atoms with E-state index in [2.05, 4.69) is 21.5 Å². The van der Waals surface area contributed by atoms with Crippen molar-refractivity contribution in [2.75, 3.05) is 36.4 Å². The van der Waals surface area contributed by atoms with Gasteiger partial charge >= 0.3 is 0 Å². The lowest BCUT2D eigenvalue weighted by molar-refractivity contribution is -0.121. The van der Waals surface area contributed by atoms with Crippen molar-refractivity contribution < 1.29 is 13.9 Å². The number of aromatic nitrogens is 1. The van der Waals surface area contributed by atoms with Gasteiger partial charge < -0.3 is 20.3 Å². The van der Waals surface area contributed by atoms with Crippen LogP contribution in [0.25, 0.3) is 0 Å². The highest BCUT2D eigenvalue weighted by Crippen LogP contribution is 2.29. The van der Waals surface area contributed by atoms with Gasteiger partial charge in [-0.2, -0.15) is 0 Å². The molecule has 2 N–H and O–H groups in total. The first-order valence-corrected chi connectivity index (χ1v) is 10.6. The van der Waals surface area contributed by atoms with Gasteiger partial charge in [0.15, 0.2) is 11.6 Å². The van der Waals surface area contributed by atoms with Crippen LogP contribution < -0.4 is 20.3 Å². The van der Waals surface area contributed by atoms with E-state index in [4.69, 9.17) is 11.2 Å². The van der Waals surface area contributed by atoms with Gasteiger partial charge in [0.1, 0.15) is 11.9 Å². The molecule has 2 unspecified atom stereocenters. The van der Waals surface area contributed by atoms with Crippen LogP contribution in [0.1, 0.15) is 38.2 Å². The van der Waals surface area contributed by atoms with Crippen molar-refractivity contribution in [1.82, 2.24) is 10.3 Å². The molecule has 2 heterocycles. The summed E-state index contributed by atoms with van der Waals surface area (Å²) in [6.07, 6.45) is 8.47. The summed E-state index contributed by atoms with van der Waals surface area (Å²) >= 11 is 0. The molecule has 0 saturated carbocycles. The Morgan fingerprint density at radius 1 is 1.39 bits per heavy atom. The second-order valence-corrected chi connectivity index (χ2v) is 7.61. The summed E-state index contributed by atoms with van der Waals surface area (Å²) in [6, 6.07) is 9.20. The molecule has 0 bridgehead atoms. The number of anilines is 2. The maximum Gasteiger partial charge on any atom is 0.228 e. The van der Waals surface area contributed by atoms with Crippen LogP contribution in [0.5, 0.6) is 5.75 Å². The molecule has 7 heteroatoms. The summed E-state index contributed by atoms with van der Waals surface area (Å²) in [4.78, 5) is 18.2. The summed E-state index contributed by atoms with van der Waals surface area (Å²) in [6.45, 7) is 6.07. The molecule has 0 aliphatic carbocycles. The Hall–Kier alpha value is -3.27. The van der Waals surface area contributed by atoms with Crippen molar-refractivity contribution >= 4 is 17.4 Å². The van der Waals surface area contributed by atoms with E-state index in [1.54, 1.807) is 12.3 Å². The van der Waals surface area contributed by atoms with Crippen LogP contribution in [0.4, 0.5) is 15.9 Å². The molecule has 31 heavy (non-hydrogen) atoms. The zero-order chi connectivity index (χ0) is 22.2. The largest absolute Gasteiger partial charge is 0.489 e. The number of benzene rings is 1. The smallest absolute Gasteiger partial charge is 0.228 e. The molecular weight excluding hydrogens is 395 g/mol. The molecule has 164 valence electrons. The molecule has 1 amide bonds. The quantitative estimate of drug-likeness (QED) is 0.603. The minimum atomic E-state index is -0.321. The number of rotatable bonds is 9. The predicted molar refractivity (Wildman–Crippen MR) is 121 cm³/mol. The number of nitrogens with zero attached hydrogens (tertiary/aromatic N) is 2. The van der Waals surface area contributed by atoms with E-state index in [9.17, 15) is 9.18 Å². The van der Waals surface area contributed by atoms with Crippen LogP contribution in [-0.2, 0) is 4.79 Å². The van der Waals surface area contributed by atoms with E-state index in [-0.39, 0.29) is 30.3 Å². The molecular formula is C24H29FN4O2. The third kappa shape index (κ3) is 5.66. The third-order valence-electron chi connectivity index (χ3n) is 5.34. The number of ether oxygens (including phenoxy) is 1. The Morgan fingerprint density at radius 2 is 2.16 bits per heavy atom. The minimum absolute atomic E-state index is 0.0400. The van der Waals surface area contributed by atoms with Crippen LogP contribution in [0.15, 0.2) is 36.5 Å². The highest BCUT2D eigenvalue weighted by Gasteiger charge is 2.27. The van der Waals surface area contributed by atoms with Gasteiger partial charge in [-0.3, -0.25) is 4.79 Å². The van der Waals surface area contributed by atoms with Gasteiger partial charge in [0.25, 0.3) is 0 Å². The average molecular weight is 425 g/mol. The molecule has 2 atom stereocenters. The number of hydrogen-bond donors (Lipinski definition) is 2. The number of carbonyl (C=O) groups excluding carboxylic acids is 1. The molecule has 3 rings (SSSR count). The lowest BCUT2D eigenvalue weighted by Crippen LogP contribution is -2.28. The first-order valence-electron chi connectivity index (χ1n) is 10.6. The van der Waals surface area contributed by atoms with E-state index < -0.39 is 0 Å². The molecule has 0 spiro atoms. The standard InChI is InChI=1S/C24H29FN4O2/c1-4-12-26-23-22(25)21(10-14-27-23)29-15-11-20(16-29)31-19-8-6-18(7-9-19)17(3)24(30)28-13-5-2/h2,6-10,14,17,20H,4,11-13,15-16H2,1,3H3,(H,26,27)(H,28,30). The Morgan fingerprint density at radius 3 is 2.87 bits per heavy atom. The van der Waals surface area contributed by atoms with Crippen molar-refractivity contribution in [3.63, 3.8) is 0 Å². The fourth-order valence-electron chi connectivity index (χ4n) is 3.56. The number of amides is 1. The van der Waals surface area contributed by atoms with Crippen LogP contribution in [0, 0.1) is 18.2 Å². The van der Waals surface area contributed by atoms with Crippen molar-refractivity contribution in [3.05, 3.63) is 47.9 Å². The Balaban J connectivity index is 1.58. The zero-order valence-electron chi connectivity index (χ0n) is 18.0. The molecule has 1 aliphatic heterocycles. The SMILES string of the molecule is C#CCNC(=O)C(C)c1ccc(OC2CCN(c3ccnc(NCCC)c3F)C2)cc1. The average Bonchev–Trinajstić information content (AvgIpc) is 3.25. The molecule has 1 aromatic heterocycles. The normalized spacial score (nSPS) is 16.5. The van der Waals surface area contributed by atoms with E-state index in [1.807, 2.05) is 43.0 Å². The molecule has 0 radical (unpaired) electrons. The van der Waals surface area contributed by atoms with Crippen LogP contribution in [-0.4, -0.2) is 43.2 Å². The fraction of sp³-hybridized carbons (Fsp3) is 0.417. The molecule has 2 aromatic rings. The van der Waals surface area contributed by atoms with Crippen LogP contribution >= 0.6 is 0 Å². The highest BCUT2D eigenvalue weighted by atomic mass is 19.1. The van der Waals surface area contributed by atoms with Gasteiger partial charge in [-0.1, -0.05) is 25.0 Å². The summed E-state index contributed by atoms with van der Waals surface area (Å²) in [5.41, 5.74) is 1.43. The number of hydrogen-bond acceptors (Lipinski definition) is 5. The van der Waals surface area contributed by atoms with E-state index in [0.717, 1.165) is 24.2 Å². The second kappa shape index (κ2) is 10.7. The lowest BCUT2D eigenvalue weighted by Gasteiger charge is -2.21. The maximum absolute atomic E-state index is 14.8. The van der Waals surface area contributed by atoms with Gasteiger partial charge in [-0.05, 0) is 37.1 Å². The van der Waals surface area contributed by atoms with Crippen LogP contribution in [0.2, 0.25) is 0 Å². The predicted octanol–water partition coefficient (Wildman–Crippen LogP) is 3.55. The Labute approximate surface area is 183 Å². The number of nitrogens with one attached hydrogen (secondary N) is 2.